The minimum Gasteiger partial charge on any atom is -0.369 e. The fourth-order valence-corrected chi connectivity index (χ4v) is 2.26. The van der Waals surface area contributed by atoms with E-state index < -0.39 is 0 Å². The Morgan fingerprint density at radius 1 is 1.57 bits per heavy atom. The van der Waals surface area contributed by atoms with Gasteiger partial charge in [-0.25, -0.2) is 0 Å². The van der Waals surface area contributed by atoms with E-state index in [1.165, 1.54) is 0 Å². The number of hydrogen-bond donors (Lipinski definition) is 2. The molecule has 1 amide bonds. The monoisotopic (exact) mass is 199 g/mol. The van der Waals surface area contributed by atoms with E-state index in [0.717, 1.165) is 25.9 Å². The summed E-state index contributed by atoms with van der Waals surface area (Å²) in [6.07, 6.45) is 1.97. The molecule has 0 radical (unpaired) electrons. The minimum absolute atomic E-state index is 0.186. The smallest absolute Gasteiger partial charge is 0.231 e. The lowest BCUT2D eigenvalue weighted by atomic mass is 9.86. The molecule has 0 aromatic carbocycles. The average molecular weight is 199 g/mol. The maximum Gasteiger partial charge on any atom is 0.231 e. The van der Waals surface area contributed by atoms with Crippen LogP contribution in [0.25, 0.3) is 0 Å². The largest absolute Gasteiger partial charge is 0.369 e. The standard InChI is InChI=1S/C10H21N3O/c1-10(2)5-8(11)3-4-13(7-10)6-9(12)14/h8H,3-7,11H2,1-2H3,(H2,12,14). The first-order chi connectivity index (χ1) is 6.39. The molecular weight excluding hydrogens is 178 g/mol. The highest BCUT2D eigenvalue weighted by atomic mass is 16.1. The molecule has 0 spiro atoms. The van der Waals surface area contributed by atoms with E-state index in [4.69, 9.17) is 11.5 Å². The summed E-state index contributed by atoms with van der Waals surface area (Å²) < 4.78 is 0. The molecule has 1 unspecified atom stereocenters. The topological polar surface area (TPSA) is 72.3 Å². The normalized spacial score (nSPS) is 28.4. The van der Waals surface area contributed by atoms with Crippen molar-refractivity contribution in [3.05, 3.63) is 0 Å². The average Bonchev–Trinajstić information content (AvgIpc) is 2.07. The molecule has 1 aliphatic heterocycles. The molecule has 0 bridgehead atoms. The summed E-state index contributed by atoms with van der Waals surface area (Å²) in [4.78, 5) is 12.9. The summed E-state index contributed by atoms with van der Waals surface area (Å²) in [5.41, 5.74) is 11.3. The molecule has 82 valence electrons. The Hall–Kier alpha value is -0.610. The second-order valence-electron chi connectivity index (χ2n) is 5.09. The summed E-state index contributed by atoms with van der Waals surface area (Å²) in [6.45, 7) is 6.52. The van der Waals surface area contributed by atoms with E-state index in [1.807, 2.05) is 0 Å². The summed E-state index contributed by atoms with van der Waals surface area (Å²) >= 11 is 0. The first-order valence-corrected chi connectivity index (χ1v) is 5.15. The van der Waals surface area contributed by atoms with Gasteiger partial charge in [-0.2, -0.15) is 0 Å². The molecule has 4 nitrogen and oxygen atoms in total. The van der Waals surface area contributed by atoms with E-state index in [1.54, 1.807) is 0 Å². The van der Waals surface area contributed by atoms with Gasteiger partial charge < -0.3 is 11.5 Å². The Morgan fingerprint density at radius 2 is 2.21 bits per heavy atom. The second-order valence-corrected chi connectivity index (χ2v) is 5.09. The maximum absolute atomic E-state index is 10.8. The third kappa shape index (κ3) is 3.64. The van der Waals surface area contributed by atoms with Crippen LogP contribution in [-0.4, -0.2) is 36.5 Å². The van der Waals surface area contributed by atoms with Crippen LogP contribution >= 0.6 is 0 Å². The van der Waals surface area contributed by atoms with Gasteiger partial charge in [0.2, 0.25) is 5.91 Å². The van der Waals surface area contributed by atoms with Crippen LogP contribution in [0.2, 0.25) is 0 Å². The van der Waals surface area contributed by atoms with E-state index in [-0.39, 0.29) is 17.4 Å². The highest BCUT2D eigenvalue weighted by molar-refractivity contribution is 5.75. The predicted molar refractivity (Wildman–Crippen MR) is 56.6 cm³/mol. The Balaban J connectivity index is 2.58. The van der Waals surface area contributed by atoms with Crippen molar-refractivity contribution in [2.75, 3.05) is 19.6 Å². The van der Waals surface area contributed by atoms with Crippen molar-refractivity contribution >= 4 is 5.91 Å². The molecule has 0 aromatic rings. The van der Waals surface area contributed by atoms with Crippen LogP contribution in [0.5, 0.6) is 0 Å². The Bertz CT molecular complexity index is 215. The van der Waals surface area contributed by atoms with E-state index in [0.29, 0.717) is 6.54 Å². The van der Waals surface area contributed by atoms with Gasteiger partial charge in [-0.3, -0.25) is 9.69 Å². The number of carbonyl (C=O) groups is 1. The first kappa shape index (κ1) is 11.5. The maximum atomic E-state index is 10.8. The van der Waals surface area contributed by atoms with E-state index >= 15 is 0 Å². The zero-order valence-corrected chi connectivity index (χ0v) is 9.12. The summed E-state index contributed by atoms with van der Waals surface area (Å²) in [5.74, 6) is -0.253. The summed E-state index contributed by atoms with van der Waals surface area (Å²) in [7, 11) is 0. The van der Waals surface area contributed by atoms with Crippen LogP contribution in [0.15, 0.2) is 0 Å². The third-order valence-electron chi connectivity index (χ3n) is 2.66. The Morgan fingerprint density at radius 3 is 2.79 bits per heavy atom. The van der Waals surface area contributed by atoms with Crippen molar-refractivity contribution in [1.82, 2.24) is 4.90 Å². The molecule has 14 heavy (non-hydrogen) atoms. The fraction of sp³-hybridized carbons (Fsp3) is 0.900. The molecule has 1 heterocycles. The molecule has 1 saturated heterocycles. The van der Waals surface area contributed by atoms with Gasteiger partial charge in [-0.1, -0.05) is 13.8 Å². The molecule has 4 heteroatoms. The van der Waals surface area contributed by atoms with E-state index in [2.05, 4.69) is 18.7 Å². The van der Waals surface area contributed by atoms with Gasteiger partial charge in [-0.15, -0.1) is 0 Å². The second kappa shape index (κ2) is 4.28. The Kier molecular flexibility index (Phi) is 3.50. The number of hydrogen-bond acceptors (Lipinski definition) is 3. The molecule has 1 atom stereocenters. The molecule has 1 fully saturated rings. The lowest BCUT2D eigenvalue weighted by molar-refractivity contribution is -0.119. The summed E-state index contributed by atoms with van der Waals surface area (Å²) in [6, 6.07) is 0.253. The minimum atomic E-state index is -0.253. The van der Waals surface area contributed by atoms with Crippen molar-refractivity contribution in [3.63, 3.8) is 0 Å². The van der Waals surface area contributed by atoms with Crippen molar-refractivity contribution in [1.29, 1.82) is 0 Å². The van der Waals surface area contributed by atoms with Crippen LogP contribution < -0.4 is 11.5 Å². The molecule has 0 aliphatic carbocycles. The number of nitrogens with two attached hydrogens (primary N) is 2. The van der Waals surface area contributed by atoms with Gasteiger partial charge in [0.05, 0.1) is 6.54 Å². The van der Waals surface area contributed by atoms with E-state index in [9.17, 15) is 4.79 Å². The number of amides is 1. The molecule has 0 aromatic heterocycles. The molecular formula is C10H21N3O. The predicted octanol–water partition coefficient (Wildman–Crippen LogP) is -0.0790. The van der Waals surface area contributed by atoms with Gasteiger partial charge in [0.1, 0.15) is 0 Å². The van der Waals surface area contributed by atoms with Gasteiger partial charge in [-0.05, 0) is 18.3 Å². The van der Waals surface area contributed by atoms with Crippen molar-refractivity contribution in [3.8, 4) is 0 Å². The van der Waals surface area contributed by atoms with Crippen molar-refractivity contribution in [2.24, 2.45) is 16.9 Å². The zero-order valence-electron chi connectivity index (χ0n) is 9.12. The number of nitrogens with zero attached hydrogens (tertiary/aromatic N) is 1. The highest BCUT2D eigenvalue weighted by Crippen LogP contribution is 2.27. The van der Waals surface area contributed by atoms with Crippen LogP contribution in [0.3, 0.4) is 0 Å². The SMILES string of the molecule is CC1(C)CC(N)CCN(CC(N)=O)C1. The van der Waals surface area contributed by atoms with Crippen molar-refractivity contribution in [2.45, 2.75) is 32.7 Å². The van der Waals surface area contributed by atoms with Crippen molar-refractivity contribution < 1.29 is 4.79 Å². The number of likely N-dealkylation sites (tertiary alicyclic amines) is 1. The van der Waals surface area contributed by atoms with Crippen LogP contribution in [0, 0.1) is 5.41 Å². The number of primary amides is 1. The first-order valence-electron chi connectivity index (χ1n) is 5.15. The Labute approximate surface area is 85.6 Å². The van der Waals surface area contributed by atoms with Crippen LogP contribution in [-0.2, 0) is 4.79 Å². The van der Waals surface area contributed by atoms with Gasteiger partial charge in [0.25, 0.3) is 0 Å². The van der Waals surface area contributed by atoms with Gasteiger partial charge in [0.15, 0.2) is 0 Å². The lowest BCUT2D eigenvalue weighted by Crippen LogP contribution is -2.38. The molecule has 1 rings (SSSR count). The molecule has 0 saturated carbocycles. The third-order valence-corrected chi connectivity index (χ3v) is 2.66. The summed E-state index contributed by atoms with van der Waals surface area (Å²) in [5, 5.41) is 0. The molecule has 4 N–H and O–H groups in total. The quantitative estimate of drug-likeness (QED) is 0.653. The zero-order chi connectivity index (χ0) is 10.8. The number of rotatable bonds is 2. The molecule has 1 aliphatic rings. The fourth-order valence-electron chi connectivity index (χ4n) is 2.26. The van der Waals surface area contributed by atoms with Gasteiger partial charge >= 0.3 is 0 Å². The van der Waals surface area contributed by atoms with Gasteiger partial charge in [0, 0.05) is 19.1 Å². The van der Waals surface area contributed by atoms with Crippen LogP contribution in [0.4, 0.5) is 0 Å². The van der Waals surface area contributed by atoms with Crippen LogP contribution in [0.1, 0.15) is 26.7 Å². The highest BCUT2D eigenvalue weighted by Gasteiger charge is 2.28. The number of carbonyl (C=O) groups excluding carboxylic acids is 1. The lowest BCUT2D eigenvalue weighted by Gasteiger charge is -2.28.